The van der Waals surface area contributed by atoms with Gasteiger partial charge in [-0.2, -0.15) is 0 Å². The minimum absolute atomic E-state index is 0.0326. The molecule has 4 nitrogen and oxygen atoms in total. The Kier molecular flexibility index (Phi) is 3.62. The number of aromatic carboxylic acids is 2. The summed E-state index contributed by atoms with van der Waals surface area (Å²) in [5, 5.41) is 18.1. The Bertz CT molecular complexity index is 451. The molecule has 0 bridgehead atoms. The van der Waals surface area contributed by atoms with Crippen LogP contribution in [-0.2, 0) is 5.41 Å². The molecule has 0 aliphatic heterocycles. The highest BCUT2D eigenvalue weighted by Crippen LogP contribution is 2.30. The van der Waals surface area contributed by atoms with Crippen molar-refractivity contribution in [1.29, 1.82) is 0 Å². The van der Waals surface area contributed by atoms with Crippen molar-refractivity contribution >= 4 is 27.9 Å². The van der Waals surface area contributed by atoms with E-state index in [4.69, 9.17) is 10.2 Å². The average Bonchev–Trinajstić information content (AvgIpc) is 2.14. The van der Waals surface area contributed by atoms with Crippen molar-refractivity contribution in [2.75, 3.05) is 0 Å². The number of hydrogen-bond donors (Lipinski definition) is 2. The van der Waals surface area contributed by atoms with Gasteiger partial charge in [0.05, 0.1) is 11.1 Å². The molecule has 1 rings (SSSR count). The fourth-order valence-electron chi connectivity index (χ4n) is 1.37. The van der Waals surface area contributed by atoms with Crippen LogP contribution in [-0.4, -0.2) is 22.2 Å². The summed E-state index contributed by atoms with van der Waals surface area (Å²) in [6, 6.07) is 3.00. The van der Waals surface area contributed by atoms with Crippen LogP contribution in [0.3, 0.4) is 0 Å². The Hall–Kier alpha value is -1.36. The summed E-state index contributed by atoms with van der Waals surface area (Å²) < 4.78 is 0.102. The minimum Gasteiger partial charge on any atom is -0.478 e. The van der Waals surface area contributed by atoms with Crippen LogP contribution in [0.1, 0.15) is 47.1 Å². The van der Waals surface area contributed by atoms with E-state index in [0.29, 0.717) is 5.56 Å². The van der Waals surface area contributed by atoms with E-state index in [0.717, 1.165) is 0 Å². The smallest absolute Gasteiger partial charge is 0.336 e. The number of hydrogen-bond acceptors (Lipinski definition) is 2. The van der Waals surface area contributed by atoms with Crippen molar-refractivity contribution < 1.29 is 19.8 Å². The number of carboxylic acid groups (broad SMARTS) is 2. The third-order valence-electron chi connectivity index (χ3n) is 2.40. The molecule has 0 amide bonds. The number of benzene rings is 1. The summed E-state index contributed by atoms with van der Waals surface area (Å²) in [4.78, 5) is 22.1. The first-order valence-electron chi connectivity index (χ1n) is 4.95. The highest BCUT2D eigenvalue weighted by Gasteiger charge is 2.23. The van der Waals surface area contributed by atoms with Gasteiger partial charge in [0, 0.05) is 4.47 Å². The summed E-state index contributed by atoms with van der Waals surface area (Å²) in [6.45, 7) is 5.69. The van der Waals surface area contributed by atoms with E-state index in [9.17, 15) is 9.59 Å². The normalized spacial score (nSPS) is 11.3. The molecule has 2 N–H and O–H groups in total. The van der Waals surface area contributed by atoms with Gasteiger partial charge in [0.1, 0.15) is 0 Å². The molecule has 0 spiro atoms. The van der Waals surface area contributed by atoms with Gasteiger partial charge >= 0.3 is 11.9 Å². The van der Waals surface area contributed by atoms with E-state index in [1.807, 2.05) is 20.8 Å². The summed E-state index contributed by atoms with van der Waals surface area (Å²) >= 11 is 3.02. The summed E-state index contributed by atoms with van der Waals surface area (Å²) in [5.74, 6) is -2.30. The topological polar surface area (TPSA) is 74.6 Å². The molecule has 0 saturated carbocycles. The average molecular weight is 301 g/mol. The van der Waals surface area contributed by atoms with E-state index in [1.165, 1.54) is 12.1 Å². The largest absolute Gasteiger partial charge is 0.478 e. The van der Waals surface area contributed by atoms with Gasteiger partial charge < -0.3 is 10.2 Å². The van der Waals surface area contributed by atoms with Gasteiger partial charge in [-0.15, -0.1) is 0 Å². The van der Waals surface area contributed by atoms with Crippen molar-refractivity contribution in [3.8, 4) is 0 Å². The van der Waals surface area contributed by atoms with E-state index in [-0.39, 0.29) is 21.0 Å². The van der Waals surface area contributed by atoms with Crippen LogP contribution in [0.5, 0.6) is 0 Å². The molecule has 0 saturated heterocycles. The number of carboxylic acids is 2. The van der Waals surface area contributed by atoms with Crippen LogP contribution < -0.4 is 0 Å². The SMILES string of the molecule is CC(C)(C)c1cc(C(=O)O)c(Br)c(C(=O)O)c1. The van der Waals surface area contributed by atoms with Crippen LogP contribution >= 0.6 is 15.9 Å². The van der Waals surface area contributed by atoms with Crippen LogP contribution in [0.25, 0.3) is 0 Å². The van der Waals surface area contributed by atoms with E-state index in [1.54, 1.807) is 0 Å². The first kappa shape index (κ1) is 13.7. The minimum atomic E-state index is -1.15. The van der Waals surface area contributed by atoms with Crippen LogP contribution in [0.15, 0.2) is 16.6 Å². The Labute approximate surface area is 107 Å². The first-order chi connectivity index (χ1) is 7.64. The lowest BCUT2D eigenvalue weighted by Crippen LogP contribution is -2.15. The molecule has 0 aromatic heterocycles. The standard InChI is InChI=1S/C12H13BrO4/c1-12(2,3)6-4-7(10(14)15)9(13)8(5-6)11(16)17/h4-5H,1-3H3,(H,14,15)(H,16,17). The lowest BCUT2D eigenvalue weighted by atomic mass is 9.85. The van der Waals surface area contributed by atoms with Gasteiger partial charge in [0.25, 0.3) is 0 Å². The van der Waals surface area contributed by atoms with Crippen molar-refractivity contribution in [3.05, 3.63) is 33.3 Å². The number of rotatable bonds is 2. The molecule has 0 aliphatic rings. The molecule has 1 aromatic rings. The Morgan fingerprint density at radius 1 is 1.06 bits per heavy atom. The van der Waals surface area contributed by atoms with Crippen LogP contribution in [0.4, 0.5) is 0 Å². The molecular formula is C12H13BrO4. The molecule has 17 heavy (non-hydrogen) atoms. The zero-order valence-electron chi connectivity index (χ0n) is 9.74. The molecule has 0 atom stereocenters. The first-order valence-corrected chi connectivity index (χ1v) is 5.74. The molecular weight excluding hydrogens is 288 g/mol. The molecule has 0 fully saturated rings. The fourth-order valence-corrected chi connectivity index (χ4v) is 1.94. The highest BCUT2D eigenvalue weighted by atomic mass is 79.9. The van der Waals surface area contributed by atoms with Gasteiger partial charge in [-0.05, 0) is 39.0 Å². The monoisotopic (exact) mass is 300 g/mol. The van der Waals surface area contributed by atoms with Gasteiger partial charge in [-0.3, -0.25) is 0 Å². The Morgan fingerprint density at radius 2 is 1.41 bits per heavy atom. The van der Waals surface area contributed by atoms with E-state index in [2.05, 4.69) is 15.9 Å². The maximum Gasteiger partial charge on any atom is 0.336 e. The maximum atomic E-state index is 11.1. The van der Waals surface area contributed by atoms with E-state index >= 15 is 0 Å². The van der Waals surface area contributed by atoms with Crippen LogP contribution in [0.2, 0.25) is 0 Å². The van der Waals surface area contributed by atoms with Crippen molar-refractivity contribution in [2.45, 2.75) is 26.2 Å². The Balaban J connectivity index is 3.59. The second kappa shape index (κ2) is 4.49. The quantitative estimate of drug-likeness (QED) is 0.880. The number of halogens is 1. The molecule has 0 heterocycles. The maximum absolute atomic E-state index is 11.1. The molecule has 0 unspecified atom stereocenters. The van der Waals surface area contributed by atoms with Crippen molar-refractivity contribution in [1.82, 2.24) is 0 Å². The zero-order valence-corrected chi connectivity index (χ0v) is 11.3. The predicted molar refractivity (Wildman–Crippen MR) is 66.8 cm³/mol. The summed E-state index contributed by atoms with van der Waals surface area (Å²) in [6.07, 6.45) is 0. The van der Waals surface area contributed by atoms with Gasteiger partial charge in [-0.1, -0.05) is 20.8 Å². The summed E-state index contributed by atoms with van der Waals surface area (Å²) in [5.41, 5.74) is 0.301. The van der Waals surface area contributed by atoms with Gasteiger partial charge in [0.2, 0.25) is 0 Å². The number of carbonyl (C=O) groups is 2. The summed E-state index contributed by atoms with van der Waals surface area (Å²) in [7, 11) is 0. The fraction of sp³-hybridized carbons (Fsp3) is 0.333. The third kappa shape index (κ3) is 2.85. The third-order valence-corrected chi connectivity index (χ3v) is 3.25. The van der Waals surface area contributed by atoms with Crippen LogP contribution in [0, 0.1) is 0 Å². The lowest BCUT2D eigenvalue weighted by Gasteiger charge is -2.20. The van der Waals surface area contributed by atoms with Gasteiger partial charge in [0.15, 0.2) is 0 Å². The molecule has 92 valence electrons. The predicted octanol–water partition coefficient (Wildman–Crippen LogP) is 3.14. The molecule has 0 aliphatic carbocycles. The van der Waals surface area contributed by atoms with Crippen molar-refractivity contribution in [2.24, 2.45) is 0 Å². The van der Waals surface area contributed by atoms with Gasteiger partial charge in [-0.25, -0.2) is 9.59 Å². The lowest BCUT2D eigenvalue weighted by molar-refractivity contribution is 0.0695. The molecule has 0 radical (unpaired) electrons. The molecule has 1 aromatic carbocycles. The highest BCUT2D eigenvalue weighted by molar-refractivity contribution is 9.10. The second-order valence-electron chi connectivity index (χ2n) is 4.75. The van der Waals surface area contributed by atoms with Crippen molar-refractivity contribution in [3.63, 3.8) is 0 Å². The van der Waals surface area contributed by atoms with E-state index < -0.39 is 11.9 Å². The molecule has 5 heteroatoms. The Morgan fingerprint density at radius 3 is 1.65 bits per heavy atom. The zero-order chi connectivity index (χ0) is 13.4. The second-order valence-corrected chi connectivity index (χ2v) is 5.54.